The lowest BCUT2D eigenvalue weighted by Gasteiger charge is -2.10. The number of aromatic nitrogens is 3. The van der Waals surface area contributed by atoms with Gasteiger partial charge in [-0.15, -0.1) is 23.4 Å². The van der Waals surface area contributed by atoms with E-state index < -0.39 is 0 Å². The Bertz CT molecular complexity index is 629. The molecule has 1 N–H and O–H groups in total. The van der Waals surface area contributed by atoms with E-state index >= 15 is 0 Å². The van der Waals surface area contributed by atoms with Crippen molar-refractivity contribution in [2.24, 2.45) is 5.10 Å². The van der Waals surface area contributed by atoms with Crippen LogP contribution in [0, 0.1) is 0 Å². The molecule has 0 bridgehead atoms. The maximum absolute atomic E-state index is 11.1. The molecule has 0 saturated heterocycles. The molecule has 0 spiro atoms. The van der Waals surface area contributed by atoms with Gasteiger partial charge >= 0.3 is 0 Å². The molecule has 0 saturated carbocycles. The van der Waals surface area contributed by atoms with E-state index in [4.69, 9.17) is 11.6 Å². The minimum atomic E-state index is -0.249. The molecule has 0 unspecified atom stereocenters. The number of rotatable bonds is 7. The van der Waals surface area contributed by atoms with Gasteiger partial charge in [-0.25, -0.2) is 9.67 Å². The van der Waals surface area contributed by atoms with Gasteiger partial charge in [0.25, 0.3) is 0 Å². The molecule has 21 heavy (non-hydrogen) atoms. The molecular weight excluding hydrogens is 310 g/mol. The van der Waals surface area contributed by atoms with Gasteiger partial charge in [0.1, 0.15) is 12.7 Å². The molecular formula is C13H14ClN5OS. The summed E-state index contributed by atoms with van der Waals surface area (Å²) in [4.78, 5) is 16.1. The van der Waals surface area contributed by atoms with Crippen molar-refractivity contribution in [2.75, 3.05) is 17.1 Å². The Morgan fingerprint density at radius 3 is 3.10 bits per heavy atom. The summed E-state index contributed by atoms with van der Waals surface area (Å²) < 4.78 is 1.65. The zero-order valence-electron chi connectivity index (χ0n) is 11.4. The van der Waals surface area contributed by atoms with E-state index in [-0.39, 0.29) is 11.7 Å². The lowest BCUT2D eigenvalue weighted by atomic mass is 10.3. The van der Waals surface area contributed by atoms with Crippen LogP contribution in [0.15, 0.2) is 40.9 Å². The summed E-state index contributed by atoms with van der Waals surface area (Å²) in [7, 11) is 0. The van der Waals surface area contributed by atoms with E-state index in [0.29, 0.717) is 0 Å². The van der Waals surface area contributed by atoms with Gasteiger partial charge in [-0.2, -0.15) is 10.2 Å². The van der Waals surface area contributed by atoms with Crippen molar-refractivity contribution in [1.82, 2.24) is 14.8 Å². The van der Waals surface area contributed by atoms with Crippen molar-refractivity contribution in [1.29, 1.82) is 0 Å². The topological polar surface area (TPSA) is 72.2 Å². The fraction of sp³-hybridized carbons (Fsp3) is 0.231. The molecule has 6 nitrogen and oxygen atoms in total. The number of hydrogen-bond donors (Lipinski definition) is 1. The second kappa shape index (κ2) is 7.80. The Morgan fingerprint density at radius 2 is 2.43 bits per heavy atom. The summed E-state index contributed by atoms with van der Waals surface area (Å²) in [6.07, 6.45) is 4.26. The zero-order valence-corrected chi connectivity index (χ0v) is 12.9. The second-order valence-electron chi connectivity index (χ2n) is 3.92. The normalized spacial score (nSPS) is 11.0. The van der Waals surface area contributed by atoms with Crippen LogP contribution in [0.25, 0.3) is 5.69 Å². The SMILES string of the molecule is CCSc1ccc(-n2cncn2)cc1NN=CC(=O)CCl. The van der Waals surface area contributed by atoms with Crippen molar-refractivity contribution in [3.8, 4) is 5.69 Å². The third-order valence-corrected chi connectivity index (χ3v) is 3.69. The van der Waals surface area contributed by atoms with Gasteiger partial charge in [0.2, 0.25) is 0 Å². The van der Waals surface area contributed by atoms with Gasteiger partial charge in [-0.05, 0) is 24.0 Å². The van der Waals surface area contributed by atoms with Crippen LogP contribution in [0.1, 0.15) is 6.92 Å². The molecule has 1 heterocycles. The van der Waals surface area contributed by atoms with Crippen LogP contribution in [-0.4, -0.2) is 38.4 Å². The van der Waals surface area contributed by atoms with Crippen LogP contribution in [0.4, 0.5) is 5.69 Å². The largest absolute Gasteiger partial charge is 0.292 e. The molecule has 2 aromatic rings. The Morgan fingerprint density at radius 1 is 1.57 bits per heavy atom. The van der Waals surface area contributed by atoms with E-state index in [9.17, 15) is 4.79 Å². The van der Waals surface area contributed by atoms with Crippen molar-refractivity contribution >= 4 is 41.0 Å². The van der Waals surface area contributed by atoms with Crippen LogP contribution in [0.3, 0.4) is 0 Å². The number of carbonyl (C=O) groups excluding carboxylic acids is 1. The molecule has 0 atom stereocenters. The quantitative estimate of drug-likeness (QED) is 0.367. The van der Waals surface area contributed by atoms with Crippen molar-refractivity contribution in [3.63, 3.8) is 0 Å². The predicted molar refractivity (Wildman–Crippen MR) is 85.6 cm³/mol. The van der Waals surface area contributed by atoms with Crippen LogP contribution in [0.2, 0.25) is 0 Å². The molecule has 0 fully saturated rings. The monoisotopic (exact) mass is 323 g/mol. The highest BCUT2D eigenvalue weighted by Gasteiger charge is 2.05. The third kappa shape index (κ3) is 4.30. The van der Waals surface area contributed by atoms with E-state index in [2.05, 4.69) is 27.5 Å². The molecule has 8 heteroatoms. The Labute approximate surface area is 131 Å². The first kappa shape index (κ1) is 15.5. The number of anilines is 1. The number of benzene rings is 1. The van der Waals surface area contributed by atoms with Crippen LogP contribution < -0.4 is 5.43 Å². The number of hydrogen-bond acceptors (Lipinski definition) is 6. The van der Waals surface area contributed by atoms with Crippen LogP contribution in [0.5, 0.6) is 0 Å². The maximum Gasteiger partial charge on any atom is 0.190 e. The highest BCUT2D eigenvalue weighted by atomic mass is 35.5. The van der Waals surface area contributed by atoms with E-state index in [1.54, 1.807) is 22.8 Å². The number of carbonyl (C=O) groups is 1. The average Bonchev–Trinajstić information content (AvgIpc) is 3.03. The molecule has 0 radical (unpaired) electrons. The number of Topliss-reactive ketones (excluding diaryl/α,β-unsaturated/α-hetero) is 1. The number of hydrazone groups is 1. The number of alkyl halides is 1. The number of ketones is 1. The maximum atomic E-state index is 11.1. The molecule has 0 aliphatic rings. The second-order valence-corrected chi connectivity index (χ2v) is 5.50. The molecule has 0 aliphatic heterocycles. The number of halogens is 1. The van der Waals surface area contributed by atoms with Gasteiger partial charge in [0.05, 0.1) is 23.5 Å². The summed E-state index contributed by atoms with van der Waals surface area (Å²) in [5.41, 5.74) is 4.53. The van der Waals surface area contributed by atoms with Crippen molar-refractivity contribution in [2.45, 2.75) is 11.8 Å². The van der Waals surface area contributed by atoms with Crippen LogP contribution in [-0.2, 0) is 4.79 Å². The predicted octanol–water partition coefficient (Wildman–Crippen LogP) is 2.58. The standard InChI is InChI=1S/C13H14ClN5OS/c1-2-21-13-4-3-10(19-9-15-8-17-19)5-12(13)18-16-7-11(20)6-14/h3-5,7-9,18H,2,6H2,1H3. The number of nitrogens with one attached hydrogen (secondary N) is 1. The third-order valence-electron chi connectivity index (χ3n) is 2.47. The zero-order chi connectivity index (χ0) is 15.1. The van der Waals surface area contributed by atoms with Gasteiger partial charge in [0.15, 0.2) is 5.78 Å². The molecule has 1 aromatic carbocycles. The highest BCUT2D eigenvalue weighted by Crippen LogP contribution is 2.29. The lowest BCUT2D eigenvalue weighted by Crippen LogP contribution is -2.03. The summed E-state index contributed by atoms with van der Waals surface area (Å²) in [5, 5.41) is 8.00. The Hall–Kier alpha value is -1.86. The smallest absolute Gasteiger partial charge is 0.190 e. The van der Waals surface area contributed by atoms with Gasteiger partial charge < -0.3 is 0 Å². The molecule has 0 amide bonds. The first-order chi connectivity index (χ1) is 10.2. The minimum Gasteiger partial charge on any atom is -0.292 e. The van der Waals surface area contributed by atoms with E-state index in [0.717, 1.165) is 22.0 Å². The van der Waals surface area contributed by atoms with Gasteiger partial charge in [-0.3, -0.25) is 10.2 Å². The van der Waals surface area contributed by atoms with E-state index in [1.807, 2.05) is 18.2 Å². The van der Waals surface area contributed by atoms with Crippen molar-refractivity contribution in [3.05, 3.63) is 30.9 Å². The first-order valence-corrected chi connectivity index (χ1v) is 7.76. The minimum absolute atomic E-state index is 0.0826. The number of nitrogens with zero attached hydrogens (tertiary/aromatic N) is 4. The molecule has 1 aromatic heterocycles. The summed E-state index contributed by atoms with van der Waals surface area (Å²) in [6, 6.07) is 5.83. The van der Waals surface area contributed by atoms with Crippen LogP contribution >= 0.6 is 23.4 Å². The lowest BCUT2D eigenvalue weighted by molar-refractivity contribution is -0.110. The molecule has 0 aliphatic carbocycles. The number of thioether (sulfide) groups is 1. The highest BCUT2D eigenvalue weighted by molar-refractivity contribution is 7.99. The summed E-state index contributed by atoms with van der Waals surface area (Å²) >= 11 is 7.10. The Balaban J connectivity index is 2.24. The average molecular weight is 324 g/mol. The molecule has 110 valence electrons. The van der Waals surface area contributed by atoms with E-state index in [1.165, 1.54) is 12.5 Å². The van der Waals surface area contributed by atoms with Crippen molar-refractivity contribution < 1.29 is 4.79 Å². The Kier molecular flexibility index (Phi) is 5.77. The fourth-order valence-corrected chi connectivity index (χ4v) is 2.38. The fourth-order valence-electron chi connectivity index (χ4n) is 1.58. The molecule has 2 rings (SSSR count). The summed E-state index contributed by atoms with van der Waals surface area (Å²) in [5.74, 6) is 0.601. The summed E-state index contributed by atoms with van der Waals surface area (Å²) in [6.45, 7) is 2.07. The van der Waals surface area contributed by atoms with Gasteiger partial charge in [0, 0.05) is 4.90 Å². The van der Waals surface area contributed by atoms with Gasteiger partial charge in [-0.1, -0.05) is 6.92 Å². The first-order valence-electron chi connectivity index (χ1n) is 6.24.